The summed E-state index contributed by atoms with van der Waals surface area (Å²) in [5.74, 6) is 0.0468. The summed E-state index contributed by atoms with van der Waals surface area (Å²) in [5.41, 5.74) is 12.0. The predicted molar refractivity (Wildman–Crippen MR) is 185 cm³/mol. The maximum Gasteiger partial charge on any atom is 0.300 e. The number of hydrogen-bond acceptors (Lipinski definition) is 6. The van der Waals surface area contributed by atoms with E-state index in [0.29, 0.717) is 41.5 Å². The molecule has 6 N–H and O–H groups in total. The maximum absolute atomic E-state index is 13.5. The van der Waals surface area contributed by atoms with Crippen molar-refractivity contribution in [3.8, 4) is 22.6 Å². The van der Waals surface area contributed by atoms with Gasteiger partial charge in [0.2, 0.25) is 5.91 Å². The summed E-state index contributed by atoms with van der Waals surface area (Å²) in [6, 6.07) is 40.1. The molecule has 0 saturated carbocycles. The van der Waals surface area contributed by atoms with E-state index in [1.165, 1.54) is 0 Å². The van der Waals surface area contributed by atoms with Gasteiger partial charge in [-0.05, 0) is 64.2 Å². The number of carbonyl (C=O) groups is 2. The Hall–Kier alpha value is -6.09. The number of aliphatic carboxylic acids is 1. The maximum atomic E-state index is 13.5. The molecular weight excluding hydrogens is 592 g/mol. The second-order valence-electron chi connectivity index (χ2n) is 10.6. The molecule has 0 spiro atoms. The van der Waals surface area contributed by atoms with Gasteiger partial charge in [0.25, 0.3) is 5.97 Å². The minimum absolute atomic E-state index is 0.0174. The number of methoxy groups -OCH3 is 1. The highest BCUT2D eigenvalue weighted by Crippen LogP contribution is 2.33. The van der Waals surface area contributed by atoms with Crippen molar-refractivity contribution in [3.63, 3.8) is 0 Å². The minimum atomic E-state index is -0.833. The van der Waals surface area contributed by atoms with Crippen LogP contribution in [0.5, 0.6) is 11.5 Å². The van der Waals surface area contributed by atoms with Crippen LogP contribution in [0.1, 0.15) is 35.2 Å². The molecule has 1 amide bonds. The highest BCUT2D eigenvalue weighted by molar-refractivity contribution is 5.95. The van der Waals surface area contributed by atoms with E-state index < -0.39 is 12.0 Å². The number of amidine groups is 1. The molecule has 0 fully saturated rings. The SMILES string of the molecule is CC(=O)O.COc1cc([C@@H](Nc2ccc(C(=N)N)cc2)C(=O)NCc2ccccc2)ccc1OCc1ccc(-c2ccccc2)cc1. The van der Waals surface area contributed by atoms with Gasteiger partial charge in [-0.25, -0.2) is 0 Å². The molecule has 0 unspecified atom stereocenters. The van der Waals surface area contributed by atoms with Crippen LogP contribution in [0.15, 0.2) is 127 Å². The van der Waals surface area contributed by atoms with Gasteiger partial charge in [-0.2, -0.15) is 0 Å². The summed E-state index contributed by atoms with van der Waals surface area (Å²) < 4.78 is 11.8. The van der Waals surface area contributed by atoms with Gasteiger partial charge in [0.15, 0.2) is 11.5 Å². The van der Waals surface area contributed by atoms with E-state index in [1.807, 2.05) is 66.7 Å². The summed E-state index contributed by atoms with van der Waals surface area (Å²) >= 11 is 0. The first-order valence-electron chi connectivity index (χ1n) is 14.9. The van der Waals surface area contributed by atoms with Crippen molar-refractivity contribution in [1.82, 2.24) is 5.32 Å². The fraction of sp³-hybridized carbons (Fsp3) is 0.132. The van der Waals surface area contributed by atoms with Gasteiger partial charge in [0.05, 0.1) is 7.11 Å². The zero-order valence-corrected chi connectivity index (χ0v) is 26.3. The molecule has 9 heteroatoms. The summed E-state index contributed by atoms with van der Waals surface area (Å²) in [7, 11) is 1.58. The van der Waals surface area contributed by atoms with Gasteiger partial charge in [0, 0.05) is 24.7 Å². The summed E-state index contributed by atoms with van der Waals surface area (Å²) in [4.78, 5) is 22.5. The lowest BCUT2D eigenvalue weighted by Gasteiger charge is -2.22. The molecule has 0 aliphatic heterocycles. The largest absolute Gasteiger partial charge is 0.493 e. The van der Waals surface area contributed by atoms with Crippen molar-refractivity contribution in [3.05, 3.63) is 150 Å². The van der Waals surface area contributed by atoms with Gasteiger partial charge in [-0.3, -0.25) is 15.0 Å². The second-order valence-corrected chi connectivity index (χ2v) is 10.6. The summed E-state index contributed by atoms with van der Waals surface area (Å²) in [6.07, 6.45) is 0. The monoisotopic (exact) mass is 630 g/mol. The molecule has 0 bridgehead atoms. The molecular formula is C38H38N4O5. The van der Waals surface area contributed by atoms with Crippen LogP contribution in [-0.2, 0) is 22.7 Å². The average molecular weight is 631 g/mol. The number of nitrogens with two attached hydrogens (primary N) is 1. The second kappa shape index (κ2) is 16.8. The lowest BCUT2D eigenvalue weighted by molar-refractivity contribution is -0.134. The number of amides is 1. The number of nitrogen functional groups attached to an aromatic ring is 1. The fourth-order valence-electron chi connectivity index (χ4n) is 4.67. The third-order valence-corrected chi connectivity index (χ3v) is 7.06. The fourth-order valence-corrected chi connectivity index (χ4v) is 4.67. The molecule has 0 aromatic heterocycles. The number of benzene rings is 5. The van der Waals surface area contributed by atoms with E-state index in [0.717, 1.165) is 29.2 Å². The molecule has 5 aromatic rings. The Morgan fingerprint density at radius 2 is 1.38 bits per heavy atom. The molecule has 9 nitrogen and oxygen atoms in total. The third-order valence-electron chi connectivity index (χ3n) is 7.06. The molecule has 0 heterocycles. The number of anilines is 1. The Morgan fingerprint density at radius 3 is 1.98 bits per heavy atom. The van der Waals surface area contributed by atoms with Crippen LogP contribution in [0.2, 0.25) is 0 Å². The van der Waals surface area contributed by atoms with E-state index in [9.17, 15) is 4.79 Å². The number of rotatable bonds is 12. The minimum Gasteiger partial charge on any atom is -0.493 e. The van der Waals surface area contributed by atoms with E-state index in [1.54, 1.807) is 31.4 Å². The van der Waals surface area contributed by atoms with E-state index in [2.05, 4.69) is 47.0 Å². The predicted octanol–water partition coefficient (Wildman–Crippen LogP) is 6.79. The van der Waals surface area contributed by atoms with Crippen LogP contribution < -0.4 is 25.8 Å². The molecule has 0 radical (unpaired) electrons. The normalized spacial score (nSPS) is 10.9. The lowest BCUT2D eigenvalue weighted by Crippen LogP contribution is -2.33. The highest BCUT2D eigenvalue weighted by Gasteiger charge is 2.22. The summed E-state index contributed by atoms with van der Waals surface area (Å²) in [6.45, 7) is 1.84. The zero-order valence-electron chi connectivity index (χ0n) is 26.3. The Bertz CT molecular complexity index is 1760. The van der Waals surface area contributed by atoms with Gasteiger partial charge in [-0.15, -0.1) is 0 Å². The van der Waals surface area contributed by atoms with Crippen LogP contribution in [0.3, 0.4) is 0 Å². The van der Waals surface area contributed by atoms with Crippen LogP contribution >= 0.6 is 0 Å². The van der Waals surface area contributed by atoms with Gasteiger partial charge in [0.1, 0.15) is 18.5 Å². The Balaban J connectivity index is 0.00000118. The quantitative estimate of drug-likeness (QED) is 0.0754. The first-order valence-corrected chi connectivity index (χ1v) is 14.9. The van der Waals surface area contributed by atoms with Crippen molar-refractivity contribution >= 4 is 23.4 Å². The molecule has 0 saturated heterocycles. The number of ether oxygens (including phenoxy) is 2. The van der Waals surface area contributed by atoms with E-state index in [4.69, 9.17) is 30.5 Å². The van der Waals surface area contributed by atoms with Crippen molar-refractivity contribution < 1.29 is 24.2 Å². The average Bonchev–Trinajstić information content (AvgIpc) is 3.09. The third kappa shape index (κ3) is 10.2. The molecule has 0 aliphatic rings. The van der Waals surface area contributed by atoms with Crippen molar-refractivity contribution in [1.29, 1.82) is 5.41 Å². The molecule has 47 heavy (non-hydrogen) atoms. The molecule has 240 valence electrons. The number of hydrogen-bond donors (Lipinski definition) is 5. The van der Waals surface area contributed by atoms with E-state index in [-0.39, 0.29) is 11.7 Å². The van der Waals surface area contributed by atoms with E-state index >= 15 is 0 Å². The molecule has 0 aliphatic carbocycles. The summed E-state index contributed by atoms with van der Waals surface area (Å²) in [5, 5.41) is 21.4. The number of nitrogens with one attached hydrogen (secondary N) is 3. The van der Waals surface area contributed by atoms with Crippen LogP contribution in [0.4, 0.5) is 5.69 Å². The molecule has 1 atom stereocenters. The van der Waals surface area contributed by atoms with Gasteiger partial charge in [-0.1, -0.05) is 91.0 Å². The van der Waals surface area contributed by atoms with Crippen LogP contribution in [0.25, 0.3) is 11.1 Å². The van der Waals surface area contributed by atoms with Gasteiger partial charge >= 0.3 is 0 Å². The molecule has 5 aromatic carbocycles. The topological polar surface area (TPSA) is 147 Å². The highest BCUT2D eigenvalue weighted by atomic mass is 16.5. The number of carbonyl (C=O) groups excluding carboxylic acids is 1. The standard InChI is InChI=1S/C36H34N4O3.C2H4O2/c1-42-33-22-30(18-21-32(33)43-24-26-12-14-28(15-13-26)27-10-6-3-7-11-27)34(36(41)39-23-25-8-4-2-5-9-25)40-31-19-16-29(17-20-31)35(37)38;1-2(3)4/h2-22,34,40H,23-24H2,1H3,(H3,37,38)(H,39,41);1H3,(H,3,4)/t34-;/m1./s1. The Kier molecular flexibility index (Phi) is 12.1. The van der Waals surface area contributed by atoms with Crippen molar-refractivity contribution in [2.24, 2.45) is 5.73 Å². The molecule has 5 rings (SSSR count). The number of carboxylic acid groups (broad SMARTS) is 1. The number of carboxylic acids is 1. The smallest absolute Gasteiger partial charge is 0.300 e. The lowest BCUT2D eigenvalue weighted by atomic mass is 10.0. The first-order chi connectivity index (χ1) is 22.7. The first kappa shape index (κ1) is 33.8. The van der Waals surface area contributed by atoms with Crippen LogP contribution in [0, 0.1) is 5.41 Å². The van der Waals surface area contributed by atoms with Crippen molar-refractivity contribution in [2.45, 2.75) is 26.1 Å². The Labute approximate surface area is 274 Å². The van der Waals surface area contributed by atoms with Gasteiger partial charge < -0.3 is 30.9 Å². The van der Waals surface area contributed by atoms with Crippen molar-refractivity contribution in [2.75, 3.05) is 12.4 Å². The van der Waals surface area contributed by atoms with Crippen LogP contribution in [-0.4, -0.2) is 29.9 Å². The Morgan fingerprint density at radius 1 is 0.787 bits per heavy atom. The zero-order chi connectivity index (χ0) is 33.6.